The standard InChI is InChI=1S/C23H28F3N5O3/c1-33-18-6-5-14(10-19(18)34-2)16-11-20(23(24,25)26)31-21(27-16)12-17(28-31)22(32)30-9-8-29-7-3-4-15(29)13-30/h5-6,10,12,15-16,20,27H,3-4,7-9,11,13H2,1-2H3/t15-,16-,20+/m1/s1. The summed E-state index contributed by atoms with van der Waals surface area (Å²) in [4.78, 5) is 17.2. The Morgan fingerprint density at radius 3 is 2.65 bits per heavy atom. The van der Waals surface area contributed by atoms with Crippen molar-refractivity contribution in [3.63, 3.8) is 0 Å². The average Bonchev–Trinajstić information content (AvgIpc) is 3.48. The molecule has 3 aliphatic rings. The van der Waals surface area contributed by atoms with Crippen LogP contribution in [0.1, 0.15) is 47.4 Å². The number of rotatable bonds is 4. The highest BCUT2D eigenvalue weighted by Gasteiger charge is 2.47. The van der Waals surface area contributed by atoms with Crippen LogP contribution < -0.4 is 14.8 Å². The zero-order chi connectivity index (χ0) is 24.0. The van der Waals surface area contributed by atoms with E-state index in [2.05, 4.69) is 15.3 Å². The molecule has 34 heavy (non-hydrogen) atoms. The molecule has 11 heteroatoms. The van der Waals surface area contributed by atoms with E-state index in [9.17, 15) is 18.0 Å². The minimum atomic E-state index is -4.52. The number of carbonyl (C=O) groups is 1. The number of ether oxygens (including phenoxy) is 2. The van der Waals surface area contributed by atoms with E-state index in [0.29, 0.717) is 36.2 Å². The molecule has 0 aliphatic carbocycles. The smallest absolute Gasteiger partial charge is 0.410 e. The monoisotopic (exact) mass is 479 g/mol. The van der Waals surface area contributed by atoms with Crippen LogP contribution in [0.4, 0.5) is 19.0 Å². The summed E-state index contributed by atoms with van der Waals surface area (Å²) in [7, 11) is 2.98. The second kappa shape index (κ2) is 8.68. The molecule has 184 valence electrons. The first-order valence-corrected chi connectivity index (χ1v) is 11.5. The molecule has 2 fully saturated rings. The number of nitrogens with one attached hydrogen (secondary N) is 1. The molecule has 3 aliphatic heterocycles. The van der Waals surface area contributed by atoms with Gasteiger partial charge in [-0.2, -0.15) is 18.3 Å². The number of fused-ring (bicyclic) bond motifs is 2. The molecule has 0 bridgehead atoms. The molecule has 1 aromatic heterocycles. The van der Waals surface area contributed by atoms with Gasteiger partial charge in [0.1, 0.15) is 5.82 Å². The average molecular weight is 480 g/mol. The van der Waals surface area contributed by atoms with Gasteiger partial charge in [-0.05, 0) is 37.1 Å². The maximum Gasteiger partial charge on any atom is 0.410 e. The predicted molar refractivity (Wildman–Crippen MR) is 118 cm³/mol. The Balaban J connectivity index is 1.42. The van der Waals surface area contributed by atoms with E-state index in [-0.39, 0.29) is 23.8 Å². The summed E-state index contributed by atoms with van der Waals surface area (Å²) in [6.07, 6.45) is -2.64. The van der Waals surface area contributed by atoms with Gasteiger partial charge >= 0.3 is 6.18 Å². The summed E-state index contributed by atoms with van der Waals surface area (Å²) in [6.45, 7) is 2.97. The number of aromatic nitrogens is 2. The van der Waals surface area contributed by atoms with Gasteiger partial charge < -0.3 is 19.7 Å². The summed E-state index contributed by atoms with van der Waals surface area (Å²) in [5.74, 6) is 0.788. The van der Waals surface area contributed by atoms with Crippen LogP contribution in [0.5, 0.6) is 11.5 Å². The molecule has 1 aromatic carbocycles. The molecule has 2 saturated heterocycles. The SMILES string of the molecule is COc1ccc([C@H]2C[C@@H](C(F)(F)F)n3nc(C(=O)N4CCN5CCC[C@@H]5C4)cc3N2)cc1OC. The molecule has 2 aromatic rings. The Hall–Kier alpha value is -2.95. The first kappa shape index (κ1) is 22.8. The number of halogens is 3. The number of hydrogen-bond acceptors (Lipinski definition) is 6. The largest absolute Gasteiger partial charge is 0.493 e. The maximum absolute atomic E-state index is 14.1. The van der Waals surface area contributed by atoms with Crippen LogP contribution >= 0.6 is 0 Å². The molecule has 0 saturated carbocycles. The first-order valence-electron chi connectivity index (χ1n) is 11.5. The quantitative estimate of drug-likeness (QED) is 0.724. The van der Waals surface area contributed by atoms with Crippen molar-refractivity contribution in [1.29, 1.82) is 0 Å². The van der Waals surface area contributed by atoms with E-state index in [1.165, 1.54) is 20.3 Å². The van der Waals surface area contributed by atoms with Crippen LogP contribution in [0.3, 0.4) is 0 Å². The van der Waals surface area contributed by atoms with Crippen LogP contribution in [0.25, 0.3) is 0 Å². The highest BCUT2D eigenvalue weighted by atomic mass is 19.4. The molecule has 5 rings (SSSR count). The first-order chi connectivity index (χ1) is 16.3. The minimum absolute atomic E-state index is 0.0381. The van der Waals surface area contributed by atoms with Gasteiger partial charge in [0, 0.05) is 38.2 Å². The van der Waals surface area contributed by atoms with E-state index in [1.807, 2.05) is 0 Å². The summed E-state index contributed by atoms with van der Waals surface area (Å²) < 4.78 is 53.6. The van der Waals surface area contributed by atoms with Gasteiger partial charge in [0.25, 0.3) is 5.91 Å². The van der Waals surface area contributed by atoms with Crippen LogP contribution in [0.2, 0.25) is 0 Å². The van der Waals surface area contributed by atoms with Crippen LogP contribution in [-0.4, -0.2) is 78.1 Å². The zero-order valence-electron chi connectivity index (χ0n) is 19.1. The van der Waals surface area contributed by atoms with Crippen molar-refractivity contribution >= 4 is 11.7 Å². The van der Waals surface area contributed by atoms with Crippen molar-refractivity contribution in [2.24, 2.45) is 0 Å². The van der Waals surface area contributed by atoms with Crippen molar-refractivity contribution in [2.75, 3.05) is 45.7 Å². The van der Waals surface area contributed by atoms with E-state index >= 15 is 0 Å². The molecule has 8 nitrogen and oxygen atoms in total. The summed E-state index contributed by atoms with van der Waals surface area (Å²) in [6, 6.07) is 4.33. The highest BCUT2D eigenvalue weighted by molar-refractivity contribution is 5.93. The van der Waals surface area contributed by atoms with E-state index in [0.717, 1.165) is 30.6 Å². The molecule has 3 atom stereocenters. The number of methoxy groups -OCH3 is 2. The van der Waals surface area contributed by atoms with Gasteiger partial charge in [-0.3, -0.25) is 9.69 Å². The molecule has 0 spiro atoms. The second-order valence-corrected chi connectivity index (χ2v) is 9.05. The van der Waals surface area contributed by atoms with Crippen LogP contribution in [0.15, 0.2) is 24.3 Å². The number of amides is 1. The van der Waals surface area contributed by atoms with E-state index in [4.69, 9.17) is 9.47 Å². The van der Waals surface area contributed by atoms with Crippen LogP contribution in [0, 0.1) is 0 Å². The summed E-state index contributed by atoms with van der Waals surface area (Å²) >= 11 is 0. The van der Waals surface area contributed by atoms with E-state index in [1.54, 1.807) is 23.1 Å². The summed E-state index contributed by atoms with van der Waals surface area (Å²) in [5.41, 5.74) is 0.667. The van der Waals surface area contributed by atoms with Gasteiger partial charge in [0.2, 0.25) is 0 Å². The Morgan fingerprint density at radius 1 is 1.12 bits per heavy atom. The normalized spacial score (nSPS) is 24.9. The van der Waals surface area contributed by atoms with Crippen molar-refractivity contribution < 1.29 is 27.4 Å². The van der Waals surface area contributed by atoms with Gasteiger partial charge in [0.05, 0.1) is 20.3 Å². The van der Waals surface area contributed by atoms with Gasteiger partial charge in [-0.1, -0.05) is 6.07 Å². The van der Waals surface area contributed by atoms with Crippen LogP contribution in [-0.2, 0) is 0 Å². The molecule has 4 heterocycles. The Labute approximate surface area is 195 Å². The number of hydrogen-bond donors (Lipinski definition) is 1. The number of alkyl halides is 3. The predicted octanol–water partition coefficient (Wildman–Crippen LogP) is 3.48. The number of benzene rings is 1. The third kappa shape index (κ3) is 4.06. The lowest BCUT2D eigenvalue weighted by Gasteiger charge is -2.37. The molecule has 0 unspecified atom stereocenters. The lowest BCUT2D eigenvalue weighted by Crippen LogP contribution is -2.52. The number of anilines is 1. The molecule has 0 radical (unpaired) electrons. The topological polar surface area (TPSA) is 71.9 Å². The van der Waals surface area contributed by atoms with Crippen molar-refractivity contribution in [3.05, 3.63) is 35.5 Å². The second-order valence-electron chi connectivity index (χ2n) is 9.05. The molecule has 1 N–H and O–H groups in total. The fourth-order valence-electron chi connectivity index (χ4n) is 5.30. The molecular weight excluding hydrogens is 451 g/mol. The van der Waals surface area contributed by atoms with E-state index < -0.39 is 18.3 Å². The Morgan fingerprint density at radius 2 is 1.91 bits per heavy atom. The highest BCUT2D eigenvalue weighted by Crippen LogP contribution is 2.44. The molecular formula is C23H28F3N5O3. The van der Waals surface area contributed by atoms with Gasteiger partial charge in [-0.25, -0.2) is 4.68 Å². The number of piperazine rings is 1. The minimum Gasteiger partial charge on any atom is -0.493 e. The molecule has 1 amide bonds. The lowest BCUT2D eigenvalue weighted by molar-refractivity contribution is -0.173. The Kier molecular flexibility index (Phi) is 5.83. The van der Waals surface area contributed by atoms with Gasteiger partial charge in [0.15, 0.2) is 23.2 Å². The number of carbonyl (C=O) groups excluding carboxylic acids is 1. The maximum atomic E-state index is 14.1. The van der Waals surface area contributed by atoms with Gasteiger partial charge in [-0.15, -0.1) is 0 Å². The third-order valence-electron chi connectivity index (χ3n) is 7.09. The zero-order valence-corrected chi connectivity index (χ0v) is 19.1. The van der Waals surface area contributed by atoms with Crippen molar-refractivity contribution in [3.8, 4) is 11.5 Å². The van der Waals surface area contributed by atoms with Crippen molar-refractivity contribution in [1.82, 2.24) is 19.6 Å². The van der Waals surface area contributed by atoms with Crippen molar-refractivity contribution in [2.45, 2.75) is 43.6 Å². The Bertz CT molecular complexity index is 1070. The summed E-state index contributed by atoms with van der Waals surface area (Å²) in [5, 5.41) is 7.28. The fourth-order valence-corrected chi connectivity index (χ4v) is 5.30. The third-order valence-corrected chi connectivity index (χ3v) is 7.09. The lowest BCUT2D eigenvalue weighted by atomic mass is 9.96. The number of nitrogens with zero attached hydrogens (tertiary/aromatic N) is 4. The fraction of sp³-hybridized carbons (Fsp3) is 0.565.